The fourth-order valence-corrected chi connectivity index (χ4v) is 2.47. The van der Waals surface area contributed by atoms with Gasteiger partial charge in [0, 0.05) is 12.6 Å². The van der Waals surface area contributed by atoms with Crippen molar-refractivity contribution in [2.45, 2.75) is 57.9 Å². The lowest BCUT2D eigenvalue weighted by atomic mass is 9.93. The molecule has 0 atom stereocenters. The van der Waals surface area contributed by atoms with Crippen molar-refractivity contribution < 1.29 is 4.74 Å². The van der Waals surface area contributed by atoms with Crippen LogP contribution in [0.1, 0.15) is 38.3 Å². The number of aromatic nitrogens is 2. The monoisotopic (exact) mass is 237 g/mol. The third-order valence-electron chi connectivity index (χ3n) is 3.69. The Bertz CT molecular complexity index is 329. The Hall–Kier alpha value is -0.870. The Balaban J connectivity index is 1.76. The molecular weight excluding hydrogens is 214 g/mol. The first kappa shape index (κ1) is 12.6. The Morgan fingerprint density at radius 1 is 1.41 bits per heavy atom. The van der Waals surface area contributed by atoms with E-state index < -0.39 is 0 Å². The molecule has 0 radical (unpaired) electrons. The molecule has 96 valence electrons. The summed E-state index contributed by atoms with van der Waals surface area (Å²) in [5.74, 6) is 0. The predicted octanol–water partition coefficient (Wildman–Crippen LogP) is 1.95. The highest BCUT2D eigenvalue weighted by atomic mass is 16.5. The van der Waals surface area contributed by atoms with Gasteiger partial charge in [-0.25, -0.2) is 4.98 Å². The molecule has 0 saturated heterocycles. The highest BCUT2D eigenvalue weighted by Gasteiger charge is 2.20. The van der Waals surface area contributed by atoms with Crippen LogP contribution >= 0.6 is 0 Å². The molecule has 4 nitrogen and oxygen atoms in total. The van der Waals surface area contributed by atoms with Gasteiger partial charge in [-0.2, -0.15) is 0 Å². The van der Waals surface area contributed by atoms with E-state index in [-0.39, 0.29) is 0 Å². The van der Waals surface area contributed by atoms with Crippen molar-refractivity contribution in [1.82, 2.24) is 14.9 Å². The zero-order chi connectivity index (χ0) is 12.1. The topological polar surface area (TPSA) is 39.1 Å². The van der Waals surface area contributed by atoms with Gasteiger partial charge in [0.2, 0.25) is 0 Å². The third kappa shape index (κ3) is 3.30. The van der Waals surface area contributed by atoms with E-state index in [2.05, 4.69) is 21.8 Å². The molecule has 1 aromatic rings. The number of imidazole rings is 1. The largest absolute Gasteiger partial charge is 0.372 e. The van der Waals surface area contributed by atoms with E-state index in [4.69, 9.17) is 4.74 Å². The molecule has 1 aromatic heterocycles. The highest BCUT2D eigenvalue weighted by molar-refractivity contribution is 4.96. The van der Waals surface area contributed by atoms with Gasteiger partial charge in [0.1, 0.15) is 0 Å². The molecule has 0 bridgehead atoms. The molecule has 0 unspecified atom stereocenters. The molecule has 1 N–H and O–H groups in total. The lowest BCUT2D eigenvalue weighted by Crippen LogP contribution is -2.33. The van der Waals surface area contributed by atoms with E-state index in [0.717, 1.165) is 6.54 Å². The molecule has 1 fully saturated rings. The second kappa shape index (κ2) is 6.17. The van der Waals surface area contributed by atoms with Crippen LogP contribution in [0.3, 0.4) is 0 Å². The van der Waals surface area contributed by atoms with Gasteiger partial charge in [0.05, 0.1) is 30.9 Å². The molecule has 4 heteroatoms. The minimum Gasteiger partial charge on any atom is -0.372 e. The first-order valence-electron chi connectivity index (χ1n) is 6.61. The van der Waals surface area contributed by atoms with Crippen molar-refractivity contribution in [3.05, 3.63) is 18.2 Å². The lowest BCUT2D eigenvalue weighted by Gasteiger charge is -2.28. The summed E-state index contributed by atoms with van der Waals surface area (Å²) in [7, 11) is 2.05. The standard InChI is InChI=1S/C13H23N3O/c1-3-16-10-15-8-12(16)9-17-13-6-4-11(14-2)5-7-13/h8,10-11,13-14H,3-7,9H2,1-2H3. The molecule has 1 aliphatic rings. The van der Waals surface area contributed by atoms with E-state index in [9.17, 15) is 0 Å². The molecule has 0 amide bonds. The quantitative estimate of drug-likeness (QED) is 0.850. The summed E-state index contributed by atoms with van der Waals surface area (Å²) in [6.07, 6.45) is 9.01. The summed E-state index contributed by atoms with van der Waals surface area (Å²) >= 11 is 0. The summed E-state index contributed by atoms with van der Waals surface area (Å²) < 4.78 is 8.11. The van der Waals surface area contributed by atoms with Crippen LogP contribution in [0.2, 0.25) is 0 Å². The number of nitrogens with zero attached hydrogens (tertiary/aromatic N) is 2. The number of nitrogens with one attached hydrogen (secondary N) is 1. The maximum atomic E-state index is 5.97. The number of ether oxygens (including phenoxy) is 1. The van der Waals surface area contributed by atoms with Gasteiger partial charge < -0.3 is 14.6 Å². The van der Waals surface area contributed by atoms with Crippen LogP contribution in [0.15, 0.2) is 12.5 Å². The highest BCUT2D eigenvalue weighted by Crippen LogP contribution is 2.21. The van der Waals surface area contributed by atoms with E-state index in [1.54, 1.807) is 0 Å². The Labute approximate surface area is 103 Å². The zero-order valence-electron chi connectivity index (χ0n) is 10.9. The average Bonchev–Trinajstić information content (AvgIpc) is 2.84. The van der Waals surface area contributed by atoms with Crippen molar-refractivity contribution in [2.75, 3.05) is 7.05 Å². The van der Waals surface area contributed by atoms with Crippen molar-refractivity contribution in [1.29, 1.82) is 0 Å². The van der Waals surface area contributed by atoms with Crippen molar-refractivity contribution in [3.63, 3.8) is 0 Å². The maximum Gasteiger partial charge on any atom is 0.0948 e. The molecule has 0 spiro atoms. The Kier molecular flexibility index (Phi) is 4.57. The Morgan fingerprint density at radius 3 is 2.82 bits per heavy atom. The molecule has 0 aliphatic heterocycles. The van der Waals surface area contributed by atoms with Crippen molar-refractivity contribution >= 4 is 0 Å². The van der Waals surface area contributed by atoms with Gasteiger partial charge in [0.25, 0.3) is 0 Å². The van der Waals surface area contributed by atoms with Gasteiger partial charge in [-0.1, -0.05) is 0 Å². The van der Waals surface area contributed by atoms with Crippen LogP contribution in [-0.4, -0.2) is 28.7 Å². The summed E-state index contributed by atoms with van der Waals surface area (Å²) in [4.78, 5) is 4.15. The number of rotatable bonds is 5. The van der Waals surface area contributed by atoms with E-state index in [0.29, 0.717) is 18.8 Å². The number of aryl methyl sites for hydroxylation is 1. The van der Waals surface area contributed by atoms with E-state index in [1.807, 2.05) is 19.6 Å². The smallest absolute Gasteiger partial charge is 0.0948 e. The minimum atomic E-state index is 0.430. The SMILES string of the molecule is CCn1cncc1COC1CCC(NC)CC1. The van der Waals surface area contributed by atoms with Crippen LogP contribution in [0, 0.1) is 0 Å². The van der Waals surface area contributed by atoms with Crippen LogP contribution < -0.4 is 5.32 Å². The maximum absolute atomic E-state index is 5.97. The van der Waals surface area contributed by atoms with Gasteiger partial charge in [-0.15, -0.1) is 0 Å². The lowest BCUT2D eigenvalue weighted by molar-refractivity contribution is 0.00910. The van der Waals surface area contributed by atoms with Gasteiger partial charge in [0.15, 0.2) is 0 Å². The second-order valence-electron chi connectivity index (χ2n) is 4.74. The molecule has 1 heterocycles. The second-order valence-corrected chi connectivity index (χ2v) is 4.74. The fourth-order valence-electron chi connectivity index (χ4n) is 2.47. The van der Waals surface area contributed by atoms with Crippen LogP contribution in [-0.2, 0) is 17.9 Å². The summed E-state index contributed by atoms with van der Waals surface area (Å²) in [5, 5.41) is 3.34. The summed E-state index contributed by atoms with van der Waals surface area (Å²) in [6, 6.07) is 0.691. The van der Waals surface area contributed by atoms with Crippen LogP contribution in [0.4, 0.5) is 0 Å². The summed E-state index contributed by atoms with van der Waals surface area (Å²) in [5.41, 5.74) is 1.18. The molecular formula is C13H23N3O. The zero-order valence-corrected chi connectivity index (χ0v) is 10.9. The van der Waals surface area contributed by atoms with Gasteiger partial charge in [-0.3, -0.25) is 0 Å². The minimum absolute atomic E-state index is 0.430. The molecule has 0 aromatic carbocycles. The van der Waals surface area contributed by atoms with E-state index in [1.165, 1.54) is 31.4 Å². The van der Waals surface area contributed by atoms with Gasteiger partial charge >= 0.3 is 0 Å². The van der Waals surface area contributed by atoms with E-state index >= 15 is 0 Å². The Morgan fingerprint density at radius 2 is 2.18 bits per heavy atom. The molecule has 17 heavy (non-hydrogen) atoms. The first-order chi connectivity index (χ1) is 8.33. The van der Waals surface area contributed by atoms with Crippen molar-refractivity contribution in [3.8, 4) is 0 Å². The number of hydrogen-bond acceptors (Lipinski definition) is 3. The number of hydrogen-bond donors (Lipinski definition) is 1. The average molecular weight is 237 g/mol. The van der Waals surface area contributed by atoms with Crippen LogP contribution in [0.5, 0.6) is 0 Å². The molecule has 2 rings (SSSR count). The summed E-state index contributed by atoms with van der Waals surface area (Å²) in [6.45, 7) is 3.79. The first-order valence-corrected chi connectivity index (χ1v) is 6.61. The normalized spacial score (nSPS) is 25.1. The van der Waals surface area contributed by atoms with Crippen LogP contribution in [0.25, 0.3) is 0 Å². The molecule has 1 aliphatic carbocycles. The molecule has 1 saturated carbocycles. The fraction of sp³-hybridized carbons (Fsp3) is 0.769. The third-order valence-corrected chi connectivity index (χ3v) is 3.69. The van der Waals surface area contributed by atoms with Crippen molar-refractivity contribution in [2.24, 2.45) is 0 Å². The van der Waals surface area contributed by atoms with Gasteiger partial charge in [-0.05, 0) is 39.7 Å². The predicted molar refractivity (Wildman–Crippen MR) is 67.8 cm³/mol.